The maximum atomic E-state index is 12.5. The highest BCUT2D eigenvalue weighted by atomic mass is 16.2. The van der Waals surface area contributed by atoms with Crippen molar-refractivity contribution in [3.63, 3.8) is 0 Å². The number of carbonyl (C=O) groups is 1. The Labute approximate surface area is 167 Å². The molecule has 0 N–H and O–H groups in total. The van der Waals surface area contributed by atoms with Crippen LogP contribution >= 0.6 is 0 Å². The van der Waals surface area contributed by atoms with E-state index in [9.17, 15) is 4.79 Å². The average Bonchev–Trinajstić information content (AvgIpc) is 3.59. The highest BCUT2D eigenvalue weighted by molar-refractivity contribution is 5.76. The first-order valence-electron chi connectivity index (χ1n) is 10.6. The highest BCUT2D eigenvalue weighted by Gasteiger charge is 2.23. The lowest BCUT2D eigenvalue weighted by atomic mass is 10.0. The van der Waals surface area contributed by atoms with Crippen LogP contribution < -0.4 is 0 Å². The zero-order chi connectivity index (χ0) is 19.2. The van der Waals surface area contributed by atoms with Gasteiger partial charge in [-0.25, -0.2) is 0 Å². The lowest BCUT2D eigenvalue weighted by molar-refractivity contribution is -0.133. The van der Waals surface area contributed by atoms with E-state index in [1.165, 1.54) is 24.0 Å². The molecule has 5 nitrogen and oxygen atoms in total. The Balaban J connectivity index is 1.13. The van der Waals surface area contributed by atoms with Crippen molar-refractivity contribution in [3.8, 4) is 0 Å². The number of piperazine rings is 1. The second kappa shape index (κ2) is 9.28. The van der Waals surface area contributed by atoms with Crippen molar-refractivity contribution in [2.45, 2.75) is 44.4 Å². The molecule has 2 aliphatic rings. The number of hydrogen-bond donors (Lipinski definition) is 0. The fourth-order valence-corrected chi connectivity index (χ4v) is 3.93. The van der Waals surface area contributed by atoms with Gasteiger partial charge in [-0.1, -0.05) is 24.3 Å². The second-order valence-corrected chi connectivity index (χ2v) is 8.04. The third kappa shape index (κ3) is 5.38. The second-order valence-electron chi connectivity index (χ2n) is 8.04. The van der Waals surface area contributed by atoms with Gasteiger partial charge in [0.05, 0.1) is 5.69 Å². The first-order valence-corrected chi connectivity index (χ1v) is 10.6. The maximum absolute atomic E-state index is 12.5. The minimum absolute atomic E-state index is 0.308. The Bertz CT molecular complexity index is 750. The minimum atomic E-state index is 0.308. The summed E-state index contributed by atoms with van der Waals surface area (Å²) in [5.74, 6) is 1.12. The Kier molecular flexibility index (Phi) is 6.32. The van der Waals surface area contributed by atoms with Crippen molar-refractivity contribution < 1.29 is 4.79 Å². The van der Waals surface area contributed by atoms with Gasteiger partial charge in [0.25, 0.3) is 0 Å². The summed E-state index contributed by atoms with van der Waals surface area (Å²) in [6, 6.07) is 9.03. The van der Waals surface area contributed by atoms with E-state index in [2.05, 4.69) is 39.1 Å². The number of benzene rings is 1. The normalized spacial score (nSPS) is 17.6. The van der Waals surface area contributed by atoms with Gasteiger partial charge in [-0.15, -0.1) is 0 Å². The van der Waals surface area contributed by atoms with E-state index in [1.54, 1.807) is 12.4 Å². The summed E-state index contributed by atoms with van der Waals surface area (Å²) in [7, 11) is 0. The topological polar surface area (TPSA) is 49.3 Å². The van der Waals surface area contributed by atoms with Crippen LogP contribution in [0.25, 0.3) is 0 Å². The summed E-state index contributed by atoms with van der Waals surface area (Å²) >= 11 is 0. The molecule has 4 rings (SSSR count). The third-order valence-electron chi connectivity index (χ3n) is 5.91. The predicted octanol–water partition coefficient (Wildman–Crippen LogP) is 3.06. The van der Waals surface area contributed by atoms with Crippen molar-refractivity contribution >= 4 is 5.91 Å². The molecule has 0 spiro atoms. The van der Waals surface area contributed by atoms with E-state index in [-0.39, 0.29) is 0 Å². The third-order valence-corrected chi connectivity index (χ3v) is 5.91. The first kappa shape index (κ1) is 19.1. The van der Waals surface area contributed by atoms with Crippen LogP contribution in [0.15, 0.2) is 42.9 Å². The van der Waals surface area contributed by atoms with Crippen LogP contribution in [0.4, 0.5) is 0 Å². The molecular weight excluding hydrogens is 348 g/mol. The van der Waals surface area contributed by atoms with Gasteiger partial charge in [0.2, 0.25) is 5.91 Å². The van der Waals surface area contributed by atoms with Crippen LogP contribution in [-0.2, 0) is 17.6 Å². The van der Waals surface area contributed by atoms with Crippen molar-refractivity contribution in [1.82, 2.24) is 19.8 Å². The molecule has 1 aromatic carbocycles. The summed E-state index contributed by atoms with van der Waals surface area (Å²) in [5.41, 5.74) is 3.87. The average molecular weight is 379 g/mol. The van der Waals surface area contributed by atoms with Gasteiger partial charge in [-0.2, -0.15) is 0 Å². The zero-order valence-electron chi connectivity index (χ0n) is 16.6. The summed E-state index contributed by atoms with van der Waals surface area (Å²) in [6.07, 6.45) is 11.5. The monoisotopic (exact) mass is 378 g/mol. The molecule has 0 radical (unpaired) electrons. The Morgan fingerprint density at radius 2 is 1.79 bits per heavy atom. The fourth-order valence-electron chi connectivity index (χ4n) is 3.93. The summed E-state index contributed by atoms with van der Waals surface area (Å²) in [5, 5.41) is 0. The molecule has 2 aromatic rings. The van der Waals surface area contributed by atoms with Crippen molar-refractivity contribution in [2.75, 3.05) is 32.7 Å². The number of carbonyl (C=O) groups excluding carboxylic acids is 1. The van der Waals surface area contributed by atoms with E-state index in [4.69, 9.17) is 0 Å². The lowest BCUT2D eigenvalue weighted by Gasteiger charge is -2.34. The molecule has 1 amide bonds. The smallest absolute Gasteiger partial charge is 0.222 e. The van der Waals surface area contributed by atoms with Gasteiger partial charge >= 0.3 is 0 Å². The molecular formula is C23H30N4O. The lowest BCUT2D eigenvalue weighted by Crippen LogP contribution is -2.49. The van der Waals surface area contributed by atoms with E-state index in [0.29, 0.717) is 12.3 Å². The Hall–Kier alpha value is -2.27. The number of nitrogens with zero attached hydrogens (tertiary/aromatic N) is 4. The molecule has 148 valence electrons. The van der Waals surface area contributed by atoms with Crippen molar-refractivity contribution in [1.29, 1.82) is 0 Å². The summed E-state index contributed by atoms with van der Waals surface area (Å²) in [6.45, 7) is 4.58. The maximum Gasteiger partial charge on any atom is 0.222 e. The quantitative estimate of drug-likeness (QED) is 0.708. The number of aromatic nitrogens is 2. The molecule has 2 heterocycles. The first-order chi connectivity index (χ1) is 13.8. The number of amides is 1. The van der Waals surface area contributed by atoms with Crippen LogP contribution in [-0.4, -0.2) is 58.4 Å². The molecule has 5 heteroatoms. The largest absolute Gasteiger partial charge is 0.340 e. The van der Waals surface area contributed by atoms with E-state index in [0.717, 1.165) is 63.6 Å². The number of aryl methyl sites for hydroxylation is 1. The van der Waals surface area contributed by atoms with Crippen LogP contribution in [0.5, 0.6) is 0 Å². The Morgan fingerprint density at radius 1 is 1.00 bits per heavy atom. The van der Waals surface area contributed by atoms with Gasteiger partial charge in [0, 0.05) is 64.2 Å². The number of hydrogen-bond acceptors (Lipinski definition) is 4. The van der Waals surface area contributed by atoms with Crippen LogP contribution in [0, 0.1) is 0 Å². The van der Waals surface area contributed by atoms with Crippen molar-refractivity contribution in [2.24, 2.45) is 0 Å². The molecule has 1 aliphatic carbocycles. The number of rotatable bonds is 8. The predicted molar refractivity (Wildman–Crippen MR) is 110 cm³/mol. The SMILES string of the molecule is O=C(CCCc1ccc(C2CC2)cc1)N1CCN(CCc2cnccn2)CC1. The molecule has 28 heavy (non-hydrogen) atoms. The van der Waals surface area contributed by atoms with Crippen LogP contribution in [0.3, 0.4) is 0 Å². The standard InChI is InChI=1S/C23H30N4O/c28-23(3-1-2-19-4-6-20(7-5-19)21-8-9-21)27-16-14-26(15-17-27)13-10-22-18-24-11-12-25-22/h4-7,11-12,18,21H,1-3,8-10,13-17H2. The van der Waals surface area contributed by atoms with Gasteiger partial charge < -0.3 is 4.90 Å². The van der Waals surface area contributed by atoms with Gasteiger partial charge in [-0.3, -0.25) is 19.7 Å². The molecule has 0 bridgehead atoms. The van der Waals surface area contributed by atoms with Gasteiger partial charge in [-0.05, 0) is 42.7 Å². The van der Waals surface area contributed by atoms with Crippen LogP contribution in [0.1, 0.15) is 48.4 Å². The minimum Gasteiger partial charge on any atom is -0.340 e. The van der Waals surface area contributed by atoms with E-state index in [1.807, 2.05) is 11.1 Å². The molecule has 0 unspecified atom stereocenters. The Morgan fingerprint density at radius 3 is 2.46 bits per heavy atom. The van der Waals surface area contributed by atoms with Crippen LogP contribution in [0.2, 0.25) is 0 Å². The fraction of sp³-hybridized carbons (Fsp3) is 0.522. The van der Waals surface area contributed by atoms with Gasteiger partial charge in [0.1, 0.15) is 0 Å². The molecule has 1 saturated heterocycles. The van der Waals surface area contributed by atoms with Gasteiger partial charge in [0.15, 0.2) is 0 Å². The van der Waals surface area contributed by atoms with E-state index < -0.39 is 0 Å². The summed E-state index contributed by atoms with van der Waals surface area (Å²) < 4.78 is 0. The van der Waals surface area contributed by atoms with Crippen molar-refractivity contribution in [3.05, 3.63) is 59.7 Å². The zero-order valence-corrected chi connectivity index (χ0v) is 16.6. The van der Waals surface area contributed by atoms with E-state index >= 15 is 0 Å². The summed E-state index contributed by atoms with van der Waals surface area (Å²) in [4.78, 5) is 25.4. The molecule has 1 aliphatic heterocycles. The molecule has 2 fully saturated rings. The molecule has 1 saturated carbocycles. The highest BCUT2D eigenvalue weighted by Crippen LogP contribution is 2.39. The molecule has 1 aromatic heterocycles. The molecule has 0 atom stereocenters.